The van der Waals surface area contributed by atoms with Gasteiger partial charge in [-0.15, -0.1) is 0 Å². The van der Waals surface area contributed by atoms with Crippen molar-refractivity contribution in [3.63, 3.8) is 0 Å². The lowest BCUT2D eigenvalue weighted by molar-refractivity contribution is 0.0706. The van der Waals surface area contributed by atoms with Crippen LogP contribution in [0.15, 0.2) is 52.9 Å². The number of ether oxygens (including phenoxy) is 1. The molecule has 3 N–H and O–H groups in total. The number of carbonyl (C=O) groups is 2. The number of benzene rings is 2. The summed E-state index contributed by atoms with van der Waals surface area (Å²) in [6.45, 7) is 2.55. The lowest BCUT2D eigenvalue weighted by Gasteiger charge is -2.08. The Hall–Kier alpha value is -3.32. The Morgan fingerprint density at radius 2 is 1.81 bits per heavy atom. The quantitative estimate of drug-likeness (QED) is 0.338. The summed E-state index contributed by atoms with van der Waals surface area (Å²) < 4.78 is 11.2. The Balaban J connectivity index is 1.55. The zero-order valence-corrected chi connectivity index (χ0v) is 14.8. The van der Waals surface area contributed by atoms with Crippen LogP contribution in [0.2, 0.25) is 0 Å². The van der Waals surface area contributed by atoms with Crippen LogP contribution in [0.3, 0.4) is 0 Å². The first-order valence-corrected chi connectivity index (χ1v) is 8.60. The number of furan rings is 1. The normalized spacial score (nSPS) is 10.6. The highest BCUT2D eigenvalue weighted by Crippen LogP contribution is 2.26. The monoisotopic (exact) mass is 368 g/mol. The van der Waals surface area contributed by atoms with Crippen LogP contribution in [0.25, 0.3) is 11.0 Å². The molecule has 0 spiro atoms. The van der Waals surface area contributed by atoms with Crippen LogP contribution >= 0.6 is 0 Å². The number of rotatable bonds is 7. The second-order valence-electron chi connectivity index (χ2n) is 5.83. The minimum atomic E-state index is -0.591. The summed E-state index contributed by atoms with van der Waals surface area (Å²) in [5.74, 6) is 0.0165. The molecule has 0 fully saturated rings. The zero-order chi connectivity index (χ0) is 19.2. The molecular weight excluding hydrogens is 348 g/mol. The van der Waals surface area contributed by atoms with Gasteiger partial charge in [-0.1, -0.05) is 25.1 Å². The molecule has 2 aromatic carbocycles. The first kappa shape index (κ1) is 18.5. The van der Waals surface area contributed by atoms with Gasteiger partial charge in [0, 0.05) is 16.5 Å². The topological polar surface area (TPSA) is 101 Å². The minimum absolute atomic E-state index is 0.263. The smallest absolute Gasteiger partial charge is 0.287 e. The van der Waals surface area contributed by atoms with Gasteiger partial charge in [0.05, 0.1) is 6.54 Å². The summed E-state index contributed by atoms with van der Waals surface area (Å²) >= 11 is 0. The van der Waals surface area contributed by atoms with Crippen LogP contribution in [0.5, 0.6) is 5.75 Å². The van der Waals surface area contributed by atoms with Gasteiger partial charge >= 0.3 is 0 Å². The molecule has 0 unspecified atom stereocenters. The molecule has 0 bridgehead atoms. The van der Waals surface area contributed by atoms with Crippen molar-refractivity contribution in [2.24, 2.45) is 0 Å². The molecule has 0 atom stereocenters. The third kappa shape index (κ3) is 4.09. The third-order valence-corrected chi connectivity index (χ3v) is 4.13. The summed E-state index contributed by atoms with van der Waals surface area (Å²) in [5, 5.41) is 12.3. The van der Waals surface area contributed by atoms with Crippen molar-refractivity contribution >= 4 is 22.8 Å². The van der Waals surface area contributed by atoms with Crippen molar-refractivity contribution in [2.75, 3.05) is 13.2 Å². The van der Waals surface area contributed by atoms with E-state index in [1.807, 2.05) is 31.2 Å². The predicted molar refractivity (Wildman–Crippen MR) is 99.1 cm³/mol. The van der Waals surface area contributed by atoms with Gasteiger partial charge < -0.3 is 14.5 Å². The number of fused-ring (bicyclic) bond motifs is 1. The molecule has 0 saturated heterocycles. The average Bonchev–Trinajstić information content (AvgIpc) is 3.09. The van der Waals surface area contributed by atoms with Crippen molar-refractivity contribution in [3.8, 4) is 5.75 Å². The first-order valence-electron chi connectivity index (χ1n) is 8.60. The third-order valence-electron chi connectivity index (χ3n) is 4.13. The maximum Gasteiger partial charge on any atom is 0.287 e. The molecule has 0 aliphatic heterocycles. The van der Waals surface area contributed by atoms with Gasteiger partial charge in [0.25, 0.3) is 11.8 Å². The Kier molecular flexibility index (Phi) is 5.73. The van der Waals surface area contributed by atoms with Crippen LogP contribution in [-0.4, -0.2) is 30.2 Å². The van der Waals surface area contributed by atoms with Crippen LogP contribution in [-0.2, 0) is 6.42 Å². The van der Waals surface area contributed by atoms with Crippen LogP contribution in [0.1, 0.15) is 33.4 Å². The highest BCUT2D eigenvalue weighted by Gasteiger charge is 2.18. The standard InChI is InChI=1S/C20H20N2O5/c1-2-15-16-5-3-4-6-17(16)27-18(15)20(24)21-11-12-26-14-9-7-13(8-10-14)19(23)22-25/h3-10,25H,2,11-12H2,1H3,(H,21,24)(H,22,23). The van der Waals surface area contributed by atoms with E-state index < -0.39 is 5.91 Å². The molecular formula is C20H20N2O5. The van der Waals surface area contributed by atoms with Gasteiger partial charge in [0.15, 0.2) is 5.76 Å². The molecule has 0 saturated carbocycles. The average molecular weight is 368 g/mol. The lowest BCUT2D eigenvalue weighted by atomic mass is 10.1. The maximum absolute atomic E-state index is 12.4. The highest BCUT2D eigenvalue weighted by molar-refractivity contribution is 5.99. The van der Waals surface area contributed by atoms with Gasteiger partial charge in [-0.25, -0.2) is 5.48 Å². The number of carbonyl (C=O) groups excluding carboxylic acids is 2. The molecule has 1 aromatic heterocycles. The molecule has 3 aromatic rings. The molecule has 7 nitrogen and oxygen atoms in total. The number of nitrogens with one attached hydrogen (secondary N) is 2. The predicted octanol–water partition coefficient (Wildman–Crippen LogP) is 2.92. The number of hydrogen-bond donors (Lipinski definition) is 3. The van der Waals surface area contributed by atoms with E-state index in [1.165, 1.54) is 12.1 Å². The summed E-state index contributed by atoms with van der Waals surface area (Å²) in [4.78, 5) is 23.7. The number of hydrogen-bond acceptors (Lipinski definition) is 5. The summed E-state index contributed by atoms with van der Waals surface area (Å²) in [6.07, 6.45) is 0.698. The van der Waals surface area contributed by atoms with E-state index in [-0.39, 0.29) is 12.5 Å². The number of para-hydroxylation sites is 1. The van der Waals surface area contributed by atoms with E-state index >= 15 is 0 Å². The van der Waals surface area contributed by atoms with Crippen LogP contribution < -0.4 is 15.5 Å². The molecule has 7 heteroatoms. The number of amides is 2. The first-order chi connectivity index (χ1) is 13.1. The van der Waals surface area contributed by atoms with Crippen molar-refractivity contribution in [3.05, 3.63) is 65.4 Å². The molecule has 140 valence electrons. The molecule has 2 amide bonds. The largest absolute Gasteiger partial charge is 0.492 e. The van der Waals surface area contributed by atoms with E-state index in [1.54, 1.807) is 17.6 Å². The minimum Gasteiger partial charge on any atom is -0.492 e. The molecule has 0 aliphatic carbocycles. The lowest BCUT2D eigenvalue weighted by Crippen LogP contribution is -2.28. The van der Waals surface area contributed by atoms with Crippen molar-refractivity contribution in [2.45, 2.75) is 13.3 Å². The van der Waals surface area contributed by atoms with Crippen molar-refractivity contribution in [1.29, 1.82) is 0 Å². The summed E-state index contributed by atoms with van der Waals surface area (Å²) in [7, 11) is 0. The summed E-state index contributed by atoms with van der Waals surface area (Å²) in [6, 6.07) is 13.9. The van der Waals surface area contributed by atoms with Gasteiger partial charge in [0.2, 0.25) is 0 Å². The second kappa shape index (κ2) is 8.37. The van der Waals surface area contributed by atoms with Gasteiger partial charge in [0.1, 0.15) is 17.9 Å². The summed E-state index contributed by atoms with van der Waals surface area (Å²) in [5.41, 5.74) is 3.47. The van der Waals surface area contributed by atoms with E-state index in [9.17, 15) is 9.59 Å². The Bertz CT molecular complexity index is 947. The van der Waals surface area contributed by atoms with E-state index in [0.29, 0.717) is 35.6 Å². The zero-order valence-electron chi connectivity index (χ0n) is 14.8. The Morgan fingerprint density at radius 3 is 2.52 bits per heavy atom. The SMILES string of the molecule is CCc1c(C(=O)NCCOc2ccc(C(=O)NO)cc2)oc2ccccc12. The van der Waals surface area contributed by atoms with E-state index in [2.05, 4.69) is 5.32 Å². The van der Waals surface area contributed by atoms with Crippen LogP contribution in [0, 0.1) is 0 Å². The maximum atomic E-state index is 12.4. The Labute approximate surface area is 155 Å². The fraction of sp³-hybridized carbons (Fsp3) is 0.200. The highest BCUT2D eigenvalue weighted by atomic mass is 16.5. The molecule has 1 heterocycles. The number of aryl methyl sites for hydroxylation is 1. The Morgan fingerprint density at radius 1 is 1.07 bits per heavy atom. The fourth-order valence-corrected chi connectivity index (χ4v) is 2.81. The van der Waals surface area contributed by atoms with Crippen LogP contribution in [0.4, 0.5) is 0 Å². The number of hydroxylamine groups is 1. The van der Waals surface area contributed by atoms with Gasteiger partial charge in [-0.2, -0.15) is 0 Å². The fourth-order valence-electron chi connectivity index (χ4n) is 2.81. The second-order valence-corrected chi connectivity index (χ2v) is 5.83. The molecule has 0 aliphatic rings. The molecule has 0 radical (unpaired) electrons. The van der Waals surface area contributed by atoms with Gasteiger partial charge in [-0.3, -0.25) is 14.8 Å². The van der Waals surface area contributed by atoms with Crippen molar-refractivity contribution in [1.82, 2.24) is 10.8 Å². The molecule has 3 rings (SSSR count). The molecule has 27 heavy (non-hydrogen) atoms. The van der Waals surface area contributed by atoms with E-state index in [4.69, 9.17) is 14.4 Å². The van der Waals surface area contributed by atoms with Crippen molar-refractivity contribution < 1.29 is 24.0 Å². The van der Waals surface area contributed by atoms with Gasteiger partial charge in [-0.05, 0) is 36.8 Å². The van der Waals surface area contributed by atoms with E-state index in [0.717, 1.165) is 10.9 Å².